The number of hydrogen-bond donors (Lipinski definition) is 2. The molecule has 0 aliphatic carbocycles. The second kappa shape index (κ2) is 8.72. The van der Waals surface area contributed by atoms with Crippen LogP contribution in [0.2, 0.25) is 0 Å². The van der Waals surface area contributed by atoms with E-state index in [2.05, 4.69) is 10.0 Å². The Morgan fingerprint density at radius 1 is 1.41 bits per heavy atom. The zero-order chi connectivity index (χ0) is 15.3. The Labute approximate surface area is 139 Å². The summed E-state index contributed by atoms with van der Waals surface area (Å²) >= 11 is 0. The Kier molecular flexibility index (Phi) is 7.62. The van der Waals surface area contributed by atoms with E-state index in [0.717, 1.165) is 25.1 Å². The lowest BCUT2D eigenvalue weighted by atomic mass is 9.96. The van der Waals surface area contributed by atoms with Crippen LogP contribution in [-0.2, 0) is 10.0 Å². The molecule has 1 heterocycles. The predicted molar refractivity (Wildman–Crippen MR) is 90.4 cm³/mol. The number of nitrogens with one attached hydrogen (secondary N) is 2. The Balaban J connectivity index is 0.00000242. The molecule has 1 atom stereocenters. The van der Waals surface area contributed by atoms with Crippen molar-refractivity contribution in [2.24, 2.45) is 5.92 Å². The van der Waals surface area contributed by atoms with Crippen molar-refractivity contribution in [2.75, 3.05) is 26.7 Å². The third-order valence-electron chi connectivity index (χ3n) is 3.85. The average molecular weight is 349 g/mol. The van der Waals surface area contributed by atoms with Gasteiger partial charge < -0.3 is 10.1 Å². The molecule has 1 unspecified atom stereocenters. The molecule has 1 aromatic rings. The van der Waals surface area contributed by atoms with Gasteiger partial charge in [-0.1, -0.05) is 6.07 Å². The van der Waals surface area contributed by atoms with Crippen LogP contribution in [0.15, 0.2) is 23.1 Å². The number of halogens is 1. The molecule has 0 bridgehead atoms. The molecule has 0 spiro atoms. The Morgan fingerprint density at radius 3 is 2.82 bits per heavy atom. The maximum Gasteiger partial charge on any atom is 0.244 e. The van der Waals surface area contributed by atoms with E-state index < -0.39 is 10.0 Å². The topological polar surface area (TPSA) is 67.4 Å². The first-order valence-electron chi connectivity index (χ1n) is 7.38. The fraction of sp³-hybridized carbons (Fsp3) is 0.600. The van der Waals surface area contributed by atoms with Crippen molar-refractivity contribution in [2.45, 2.75) is 31.1 Å². The molecular weight excluding hydrogens is 324 g/mol. The summed E-state index contributed by atoms with van der Waals surface area (Å²) in [4.78, 5) is 0.215. The Morgan fingerprint density at radius 2 is 2.18 bits per heavy atom. The number of ether oxygens (including phenoxy) is 1. The quantitative estimate of drug-likeness (QED) is 0.826. The summed E-state index contributed by atoms with van der Waals surface area (Å²) in [6.45, 7) is 4.39. The number of piperidine rings is 1. The minimum absolute atomic E-state index is 0. The maximum atomic E-state index is 12.4. The third kappa shape index (κ3) is 5.12. The molecule has 1 aliphatic heterocycles. The zero-order valence-electron chi connectivity index (χ0n) is 13.1. The molecular formula is C15H25ClN2O3S. The molecule has 7 heteroatoms. The van der Waals surface area contributed by atoms with Crippen LogP contribution in [0.3, 0.4) is 0 Å². The standard InChI is InChI=1S/C15H24N2O3S.ClH/c1-12-5-6-14(20-2)15(10-12)21(18,19)17-9-7-13-4-3-8-16-11-13;/h5-6,10,13,16-17H,3-4,7-9,11H2,1-2H3;1H. The molecule has 0 saturated carbocycles. The second-order valence-corrected chi connectivity index (χ2v) is 7.29. The first kappa shape index (κ1) is 19.2. The van der Waals surface area contributed by atoms with E-state index in [1.807, 2.05) is 13.0 Å². The molecule has 0 radical (unpaired) electrons. The van der Waals surface area contributed by atoms with Crippen molar-refractivity contribution in [3.8, 4) is 5.75 Å². The molecule has 0 amide bonds. The summed E-state index contributed by atoms with van der Waals surface area (Å²) in [6.07, 6.45) is 3.20. The highest BCUT2D eigenvalue weighted by atomic mass is 35.5. The molecule has 22 heavy (non-hydrogen) atoms. The van der Waals surface area contributed by atoms with Crippen LogP contribution >= 0.6 is 12.4 Å². The van der Waals surface area contributed by atoms with Gasteiger partial charge in [-0.15, -0.1) is 12.4 Å². The van der Waals surface area contributed by atoms with Gasteiger partial charge in [-0.3, -0.25) is 0 Å². The van der Waals surface area contributed by atoms with Gasteiger partial charge in [0.2, 0.25) is 10.0 Å². The summed E-state index contributed by atoms with van der Waals surface area (Å²) < 4.78 is 32.6. The second-order valence-electron chi connectivity index (χ2n) is 5.55. The summed E-state index contributed by atoms with van der Waals surface area (Å²) in [7, 11) is -2.04. The fourth-order valence-corrected chi connectivity index (χ4v) is 3.94. The molecule has 5 nitrogen and oxygen atoms in total. The Hall–Kier alpha value is -0.820. The Bertz CT molecular complexity index is 572. The molecule has 1 saturated heterocycles. The number of benzene rings is 1. The molecule has 2 rings (SSSR count). The third-order valence-corrected chi connectivity index (χ3v) is 5.33. The van der Waals surface area contributed by atoms with Crippen molar-refractivity contribution < 1.29 is 13.2 Å². The van der Waals surface area contributed by atoms with E-state index >= 15 is 0 Å². The largest absolute Gasteiger partial charge is 0.495 e. The molecule has 0 aromatic heterocycles. The minimum Gasteiger partial charge on any atom is -0.495 e. The van der Waals surface area contributed by atoms with Gasteiger partial charge in [0.15, 0.2) is 0 Å². The van der Waals surface area contributed by atoms with Crippen LogP contribution in [0.1, 0.15) is 24.8 Å². The summed E-state index contributed by atoms with van der Waals surface area (Å²) in [5, 5.41) is 3.34. The highest BCUT2D eigenvalue weighted by Gasteiger charge is 2.20. The maximum absolute atomic E-state index is 12.4. The SMILES string of the molecule is COc1ccc(C)cc1S(=O)(=O)NCCC1CCCNC1.Cl. The molecule has 1 aliphatic rings. The summed E-state index contributed by atoms with van der Waals surface area (Å²) in [6, 6.07) is 5.17. The van der Waals surface area contributed by atoms with Crippen LogP contribution in [0.25, 0.3) is 0 Å². The van der Waals surface area contributed by atoms with Crippen molar-refractivity contribution in [3.63, 3.8) is 0 Å². The monoisotopic (exact) mass is 348 g/mol. The van der Waals surface area contributed by atoms with Crippen molar-refractivity contribution >= 4 is 22.4 Å². The van der Waals surface area contributed by atoms with E-state index in [-0.39, 0.29) is 17.3 Å². The first-order valence-corrected chi connectivity index (χ1v) is 8.86. The van der Waals surface area contributed by atoms with Gasteiger partial charge in [-0.05, 0) is 62.9 Å². The van der Waals surface area contributed by atoms with Gasteiger partial charge in [0.1, 0.15) is 10.6 Å². The van der Waals surface area contributed by atoms with Gasteiger partial charge in [0.05, 0.1) is 7.11 Å². The van der Waals surface area contributed by atoms with Crippen molar-refractivity contribution in [3.05, 3.63) is 23.8 Å². The van der Waals surface area contributed by atoms with Crippen LogP contribution in [0, 0.1) is 12.8 Å². The van der Waals surface area contributed by atoms with Crippen LogP contribution in [0.5, 0.6) is 5.75 Å². The molecule has 1 aromatic carbocycles. The highest BCUT2D eigenvalue weighted by molar-refractivity contribution is 7.89. The number of sulfonamides is 1. The zero-order valence-corrected chi connectivity index (χ0v) is 14.7. The number of methoxy groups -OCH3 is 1. The molecule has 1 fully saturated rings. The van der Waals surface area contributed by atoms with E-state index in [4.69, 9.17) is 4.74 Å². The average Bonchev–Trinajstić information content (AvgIpc) is 2.48. The molecule has 126 valence electrons. The number of rotatable bonds is 6. The lowest BCUT2D eigenvalue weighted by Gasteiger charge is -2.22. The van der Waals surface area contributed by atoms with Crippen molar-refractivity contribution in [1.82, 2.24) is 10.0 Å². The van der Waals surface area contributed by atoms with Crippen LogP contribution in [0.4, 0.5) is 0 Å². The smallest absolute Gasteiger partial charge is 0.244 e. The number of aryl methyl sites for hydroxylation is 1. The van der Waals surface area contributed by atoms with Crippen LogP contribution in [-0.4, -0.2) is 35.2 Å². The normalized spacial score (nSPS) is 18.5. The van der Waals surface area contributed by atoms with E-state index in [9.17, 15) is 8.42 Å². The van der Waals surface area contributed by atoms with Gasteiger partial charge in [-0.2, -0.15) is 0 Å². The molecule has 2 N–H and O–H groups in total. The van der Waals surface area contributed by atoms with E-state index in [1.165, 1.54) is 20.0 Å². The van der Waals surface area contributed by atoms with Gasteiger partial charge >= 0.3 is 0 Å². The predicted octanol–water partition coefficient (Wildman–Crippen LogP) is 2.09. The van der Waals surface area contributed by atoms with E-state index in [1.54, 1.807) is 12.1 Å². The lowest BCUT2D eigenvalue weighted by molar-refractivity contribution is 0.358. The van der Waals surface area contributed by atoms with Crippen molar-refractivity contribution in [1.29, 1.82) is 0 Å². The number of hydrogen-bond acceptors (Lipinski definition) is 4. The van der Waals surface area contributed by atoms with Crippen LogP contribution < -0.4 is 14.8 Å². The lowest BCUT2D eigenvalue weighted by Crippen LogP contribution is -2.33. The van der Waals surface area contributed by atoms with Gasteiger partial charge in [0, 0.05) is 6.54 Å². The van der Waals surface area contributed by atoms with Gasteiger partial charge in [-0.25, -0.2) is 13.1 Å². The highest BCUT2D eigenvalue weighted by Crippen LogP contribution is 2.24. The van der Waals surface area contributed by atoms with Gasteiger partial charge in [0.25, 0.3) is 0 Å². The summed E-state index contributed by atoms with van der Waals surface area (Å²) in [5.74, 6) is 0.938. The van der Waals surface area contributed by atoms with E-state index in [0.29, 0.717) is 18.2 Å². The first-order chi connectivity index (χ1) is 10.0. The summed E-state index contributed by atoms with van der Waals surface area (Å²) in [5.41, 5.74) is 0.896. The fourth-order valence-electron chi connectivity index (χ4n) is 2.64. The minimum atomic E-state index is -3.52.